The first kappa shape index (κ1) is 12.3. The smallest absolute Gasteiger partial charge is 0.362 e. The summed E-state index contributed by atoms with van der Waals surface area (Å²) in [4.78, 5) is 11.2. The highest BCUT2D eigenvalue weighted by molar-refractivity contribution is 5.92. The molecule has 96 valence electrons. The minimum absolute atomic E-state index is 0.193. The highest BCUT2D eigenvalue weighted by Gasteiger charge is 2.67. The molecule has 0 spiro atoms. The van der Waals surface area contributed by atoms with Crippen LogP contribution in [0.25, 0.3) is 0 Å². The number of alkyl halides is 3. The molecule has 1 saturated carbocycles. The summed E-state index contributed by atoms with van der Waals surface area (Å²) in [5.41, 5.74) is -2.87. The van der Waals surface area contributed by atoms with Crippen LogP contribution >= 0.6 is 0 Å². The number of hydrogen-bond acceptors (Lipinski definition) is 3. The SMILES string of the molecule is CC(=O)N1N=C2CCCC[C@@H]2[C@@]1(O)C(F)(F)F. The Labute approximate surface area is 96.1 Å². The van der Waals surface area contributed by atoms with Crippen LogP contribution in [0.1, 0.15) is 32.6 Å². The van der Waals surface area contributed by atoms with Gasteiger partial charge in [-0.05, 0) is 19.3 Å². The number of hydrogen-bond donors (Lipinski definition) is 1. The molecule has 2 aliphatic rings. The second kappa shape index (κ2) is 3.69. The van der Waals surface area contributed by atoms with Crippen molar-refractivity contribution in [2.24, 2.45) is 11.0 Å². The maximum Gasteiger partial charge on any atom is 0.439 e. The van der Waals surface area contributed by atoms with Gasteiger partial charge in [-0.1, -0.05) is 6.42 Å². The minimum Gasteiger partial charge on any atom is -0.362 e. The summed E-state index contributed by atoms with van der Waals surface area (Å²) in [7, 11) is 0. The van der Waals surface area contributed by atoms with Crippen LogP contribution in [0.15, 0.2) is 5.10 Å². The van der Waals surface area contributed by atoms with Gasteiger partial charge in [-0.3, -0.25) is 4.79 Å². The monoisotopic (exact) mass is 250 g/mol. The van der Waals surface area contributed by atoms with Crippen LogP contribution in [0.3, 0.4) is 0 Å². The normalized spacial score (nSPS) is 33.4. The molecular formula is C10H13F3N2O2. The Morgan fingerprint density at radius 3 is 2.71 bits per heavy atom. The lowest BCUT2D eigenvalue weighted by Gasteiger charge is -2.37. The van der Waals surface area contributed by atoms with E-state index >= 15 is 0 Å². The van der Waals surface area contributed by atoms with E-state index in [0.29, 0.717) is 12.8 Å². The van der Waals surface area contributed by atoms with Gasteiger partial charge in [-0.25, -0.2) is 0 Å². The molecule has 0 aromatic heterocycles. The summed E-state index contributed by atoms with van der Waals surface area (Å²) in [5, 5.41) is 13.8. The fourth-order valence-electron chi connectivity index (χ4n) is 2.53. The number of fused-ring (bicyclic) bond motifs is 1. The van der Waals surface area contributed by atoms with E-state index in [1.54, 1.807) is 0 Å². The first-order chi connectivity index (χ1) is 7.78. The van der Waals surface area contributed by atoms with Gasteiger partial charge in [-0.2, -0.15) is 23.3 Å². The fourth-order valence-corrected chi connectivity index (χ4v) is 2.53. The summed E-state index contributed by atoms with van der Waals surface area (Å²) in [6.07, 6.45) is -2.93. The molecule has 17 heavy (non-hydrogen) atoms. The van der Waals surface area contributed by atoms with E-state index in [0.717, 1.165) is 13.3 Å². The van der Waals surface area contributed by atoms with Crippen molar-refractivity contribution in [3.63, 3.8) is 0 Å². The van der Waals surface area contributed by atoms with Crippen molar-refractivity contribution in [3.05, 3.63) is 0 Å². The highest BCUT2D eigenvalue weighted by Crippen LogP contribution is 2.47. The lowest BCUT2D eigenvalue weighted by atomic mass is 9.80. The van der Waals surface area contributed by atoms with Gasteiger partial charge in [0.15, 0.2) is 0 Å². The predicted octanol–water partition coefficient (Wildman–Crippen LogP) is 1.65. The number of aliphatic hydroxyl groups is 1. The molecule has 1 aliphatic carbocycles. The molecule has 0 aromatic carbocycles. The van der Waals surface area contributed by atoms with Crippen LogP contribution in [0, 0.1) is 5.92 Å². The summed E-state index contributed by atoms with van der Waals surface area (Å²) in [6, 6.07) is 0. The second-order valence-corrected chi connectivity index (χ2v) is 4.44. The molecule has 0 bridgehead atoms. The maximum atomic E-state index is 13.0. The average molecular weight is 250 g/mol. The molecule has 2 rings (SSSR count). The average Bonchev–Trinajstić information content (AvgIpc) is 2.54. The van der Waals surface area contributed by atoms with Crippen LogP contribution in [0.4, 0.5) is 13.2 Å². The van der Waals surface area contributed by atoms with E-state index in [1.165, 1.54) is 0 Å². The second-order valence-electron chi connectivity index (χ2n) is 4.44. The van der Waals surface area contributed by atoms with Gasteiger partial charge in [-0.15, -0.1) is 0 Å². The summed E-state index contributed by atoms with van der Waals surface area (Å²) in [6.45, 7) is 0.970. The van der Waals surface area contributed by atoms with Crippen molar-refractivity contribution < 1.29 is 23.1 Å². The zero-order valence-corrected chi connectivity index (χ0v) is 9.29. The molecule has 7 heteroatoms. The summed E-state index contributed by atoms with van der Waals surface area (Å²) in [5.74, 6) is -2.01. The van der Waals surface area contributed by atoms with Gasteiger partial charge in [0.05, 0.1) is 5.92 Å². The van der Waals surface area contributed by atoms with Crippen molar-refractivity contribution in [1.82, 2.24) is 5.01 Å². The minimum atomic E-state index is -4.90. The molecular weight excluding hydrogens is 237 g/mol. The molecule has 1 fully saturated rings. The molecule has 1 N–H and O–H groups in total. The Balaban J connectivity index is 2.45. The predicted molar refractivity (Wildman–Crippen MR) is 52.9 cm³/mol. The van der Waals surface area contributed by atoms with Crippen LogP contribution < -0.4 is 0 Å². The van der Waals surface area contributed by atoms with Crippen molar-refractivity contribution >= 4 is 11.6 Å². The molecule has 0 aromatic rings. The van der Waals surface area contributed by atoms with Gasteiger partial charge in [0.2, 0.25) is 5.91 Å². The summed E-state index contributed by atoms with van der Waals surface area (Å²) < 4.78 is 39.0. The molecule has 1 aliphatic heterocycles. The van der Waals surface area contributed by atoms with Crippen molar-refractivity contribution in [2.75, 3.05) is 0 Å². The zero-order valence-electron chi connectivity index (χ0n) is 9.29. The van der Waals surface area contributed by atoms with Crippen molar-refractivity contribution in [2.45, 2.75) is 44.5 Å². The Morgan fingerprint density at radius 1 is 1.53 bits per heavy atom. The van der Waals surface area contributed by atoms with E-state index in [1.807, 2.05) is 0 Å². The number of halogens is 3. The zero-order chi connectivity index (χ0) is 12.8. The first-order valence-corrected chi connectivity index (χ1v) is 5.45. The standard InChI is InChI=1S/C10H13F3N2O2/c1-6(16)15-9(17,10(11,12)13)7-4-2-3-5-8(7)14-15/h7,17H,2-5H2,1H3/t7-,9+/m0/s1. The lowest BCUT2D eigenvalue weighted by molar-refractivity contribution is -0.316. The molecule has 1 heterocycles. The van der Waals surface area contributed by atoms with Gasteiger partial charge < -0.3 is 5.11 Å². The van der Waals surface area contributed by atoms with Crippen LogP contribution in [-0.4, -0.2) is 33.6 Å². The maximum absolute atomic E-state index is 13.0. The van der Waals surface area contributed by atoms with Crippen molar-refractivity contribution in [3.8, 4) is 0 Å². The van der Waals surface area contributed by atoms with E-state index in [4.69, 9.17) is 0 Å². The third-order valence-corrected chi connectivity index (χ3v) is 3.33. The number of rotatable bonds is 0. The summed E-state index contributed by atoms with van der Waals surface area (Å²) >= 11 is 0. The van der Waals surface area contributed by atoms with Gasteiger partial charge in [0.1, 0.15) is 0 Å². The molecule has 0 saturated heterocycles. The van der Waals surface area contributed by atoms with Crippen LogP contribution in [0.2, 0.25) is 0 Å². The van der Waals surface area contributed by atoms with Gasteiger partial charge >= 0.3 is 6.18 Å². The van der Waals surface area contributed by atoms with Crippen molar-refractivity contribution in [1.29, 1.82) is 0 Å². The number of hydrazone groups is 1. The molecule has 4 nitrogen and oxygen atoms in total. The van der Waals surface area contributed by atoms with E-state index in [2.05, 4.69) is 5.10 Å². The Kier molecular flexibility index (Phi) is 2.68. The third kappa shape index (κ3) is 1.64. The number of carbonyl (C=O) groups excluding carboxylic acids is 1. The highest BCUT2D eigenvalue weighted by atomic mass is 19.4. The molecule has 2 atom stereocenters. The number of amides is 1. The van der Waals surface area contributed by atoms with E-state index in [9.17, 15) is 23.1 Å². The molecule has 0 unspecified atom stereocenters. The quantitative estimate of drug-likeness (QED) is 0.710. The Hall–Kier alpha value is -1.11. The lowest BCUT2D eigenvalue weighted by Crippen LogP contribution is -2.61. The Bertz CT molecular complexity index is 380. The number of nitrogens with zero attached hydrogens (tertiary/aromatic N) is 2. The van der Waals surface area contributed by atoms with Gasteiger partial charge in [0.25, 0.3) is 5.72 Å². The third-order valence-electron chi connectivity index (χ3n) is 3.33. The van der Waals surface area contributed by atoms with E-state index < -0.39 is 23.7 Å². The van der Waals surface area contributed by atoms with Gasteiger partial charge in [0, 0.05) is 12.6 Å². The largest absolute Gasteiger partial charge is 0.439 e. The molecule has 0 radical (unpaired) electrons. The molecule has 1 amide bonds. The fraction of sp³-hybridized carbons (Fsp3) is 0.800. The topological polar surface area (TPSA) is 52.9 Å². The van der Waals surface area contributed by atoms with Crippen LogP contribution in [0.5, 0.6) is 0 Å². The van der Waals surface area contributed by atoms with E-state index in [-0.39, 0.29) is 17.1 Å². The number of carbonyl (C=O) groups is 1. The van der Waals surface area contributed by atoms with Crippen LogP contribution in [-0.2, 0) is 4.79 Å². The first-order valence-electron chi connectivity index (χ1n) is 5.45. The Morgan fingerprint density at radius 2 is 2.18 bits per heavy atom.